The molecule has 13 heteroatoms. The number of aryl methyl sites for hydroxylation is 1. The van der Waals surface area contributed by atoms with Crippen LogP contribution >= 0.6 is 0 Å². The fourth-order valence-corrected chi connectivity index (χ4v) is 4.79. The van der Waals surface area contributed by atoms with Gasteiger partial charge in [0.1, 0.15) is 23.5 Å². The van der Waals surface area contributed by atoms with E-state index in [2.05, 4.69) is 49.4 Å². The van der Waals surface area contributed by atoms with E-state index in [1.54, 1.807) is 30.3 Å². The molecule has 1 saturated heterocycles. The van der Waals surface area contributed by atoms with Crippen LogP contribution in [-0.2, 0) is 0 Å². The van der Waals surface area contributed by atoms with Crippen molar-refractivity contribution in [2.24, 2.45) is 5.73 Å². The van der Waals surface area contributed by atoms with Gasteiger partial charge in [-0.15, -0.1) is 0 Å². The number of carbonyl (C=O) groups is 1. The van der Waals surface area contributed by atoms with Gasteiger partial charge in [0.25, 0.3) is 5.91 Å². The van der Waals surface area contributed by atoms with Crippen molar-refractivity contribution in [1.29, 1.82) is 0 Å². The first kappa shape index (κ1) is 41.0. The van der Waals surface area contributed by atoms with Gasteiger partial charge >= 0.3 is 0 Å². The number of aromatic amines is 1. The van der Waals surface area contributed by atoms with Crippen LogP contribution in [0.1, 0.15) is 43.7 Å². The molecule has 0 aliphatic carbocycles. The number of allylic oxidation sites excluding steroid dienone is 4. The summed E-state index contributed by atoms with van der Waals surface area (Å²) in [4.78, 5) is 28.3. The zero-order valence-corrected chi connectivity index (χ0v) is 30.2. The van der Waals surface area contributed by atoms with Gasteiger partial charge in [0.2, 0.25) is 5.88 Å². The summed E-state index contributed by atoms with van der Waals surface area (Å²) < 4.78 is 48.0. The number of nitrogens with two attached hydrogens (primary N) is 1. The van der Waals surface area contributed by atoms with E-state index in [1.807, 2.05) is 46.6 Å². The average molecular weight is 695 g/mol. The van der Waals surface area contributed by atoms with E-state index in [4.69, 9.17) is 4.74 Å². The first-order valence-electron chi connectivity index (χ1n) is 16.2. The third-order valence-corrected chi connectivity index (χ3v) is 7.18. The Balaban J connectivity index is 0.000000576. The maximum atomic E-state index is 15.1. The number of fused-ring (bicyclic) bond motifs is 1. The Hall–Kier alpha value is -5.14. The van der Waals surface area contributed by atoms with Crippen LogP contribution in [0.5, 0.6) is 11.6 Å². The SMILES string of the molecule is C=C(F)C(=C)C=C(C)C.CC.CN.CNC(=O)c1c(Nc2ccc(N3CCN(C)CC3)c(F)c2)ncnc1Oc1ccc2[nH]c(C)cc2c1F. The summed E-state index contributed by atoms with van der Waals surface area (Å²) >= 11 is 0. The number of aromatic nitrogens is 3. The van der Waals surface area contributed by atoms with Gasteiger partial charge in [-0.05, 0) is 71.3 Å². The van der Waals surface area contributed by atoms with E-state index in [0.717, 1.165) is 37.4 Å². The molecule has 3 heterocycles. The zero-order chi connectivity index (χ0) is 37.5. The van der Waals surface area contributed by atoms with Gasteiger partial charge in [-0.3, -0.25) is 4.79 Å². The Morgan fingerprint density at radius 2 is 1.70 bits per heavy atom. The molecule has 2 aromatic carbocycles. The lowest BCUT2D eigenvalue weighted by atomic mass is 10.2. The number of nitrogens with one attached hydrogen (secondary N) is 3. The summed E-state index contributed by atoms with van der Waals surface area (Å²) in [5.41, 5.74) is 8.17. The average Bonchev–Trinajstić information content (AvgIpc) is 3.49. The van der Waals surface area contributed by atoms with E-state index in [9.17, 15) is 9.18 Å². The first-order chi connectivity index (χ1) is 23.9. The fraction of sp³-hybridized carbons (Fsp3) is 0.324. The molecule has 1 fully saturated rings. The number of ether oxygens (including phenoxy) is 1. The number of anilines is 3. The van der Waals surface area contributed by atoms with Crippen molar-refractivity contribution in [2.45, 2.75) is 34.6 Å². The molecule has 0 bridgehead atoms. The van der Waals surface area contributed by atoms with E-state index >= 15 is 8.78 Å². The van der Waals surface area contributed by atoms with Crippen molar-refractivity contribution in [3.63, 3.8) is 0 Å². The highest BCUT2D eigenvalue weighted by molar-refractivity contribution is 6.01. The molecule has 0 spiro atoms. The van der Waals surface area contributed by atoms with E-state index in [0.29, 0.717) is 27.9 Å². The largest absolute Gasteiger partial charge is 0.435 e. The maximum Gasteiger partial charge on any atom is 0.260 e. The summed E-state index contributed by atoms with van der Waals surface area (Å²) in [5.74, 6) is -2.13. The standard InChI is InChI=1S/C26H27F2N7O2.C8H11F.C2H6.CH5N/c1-15-12-17-19(32-15)5-7-21(23(17)28)37-26-22(25(36)29-2)24(30-14-31-26)33-16-4-6-20(18(27)13-16)35-10-8-34(3)9-11-35;1-6(2)5-7(3)8(4)9;2*1-2/h4-7,12-14,32H,8-11H2,1-3H3,(H,29,36)(H,30,31,33);5H,3-4H2,1-2H3;1-2H3;2H2,1H3. The van der Waals surface area contributed by atoms with Crippen LogP contribution in [0, 0.1) is 18.6 Å². The van der Waals surface area contributed by atoms with Crippen LogP contribution in [0.2, 0.25) is 0 Å². The molecule has 10 nitrogen and oxygen atoms in total. The molecule has 1 aliphatic heterocycles. The van der Waals surface area contributed by atoms with Gasteiger partial charge in [-0.1, -0.05) is 38.7 Å². The second-order valence-electron chi connectivity index (χ2n) is 11.1. The number of hydrogen-bond donors (Lipinski definition) is 4. The smallest absolute Gasteiger partial charge is 0.260 e. The lowest BCUT2D eigenvalue weighted by molar-refractivity contribution is 0.0960. The minimum absolute atomic E-state index is 0.0432. The predicted octanol–water partition coefficient (Wildman–Crippen LogP) is 7.78. The highest BCUT2D eigenvalue weighted by Crippen LogP contribution is 2.34. The quantitative estimate of drug-likeness (QED) is 0.138. The molecule has 0 unspecified atom stereocenters. The summed E-state index contributed by atoms with van der Waals surface area (Å²) in [7, 11) is 4.99. The Bertz CT molecular complexity index is 1790. The fourth-order valence-electron chi connectivity index (χ4n) is 4.79. The van der Waals surface area contributed by atoms with Crippen molar-refractivity contribution in [3.8, 4) is 11.6 Å². The van der Waals surface area contributed by atoms with Crippen LogP contribution in [0.3, 0.4) is 0 Å². The van der Waals surface area contributed by atoms with Crippen LogP contribution < -0.4 is 26.0 Å². The van der Waals surface area contributed by atoms with Crippen LogP contribution in [0.15, 0.2) is 78.9 Å². The Morgan fingerprint density at radius 1 is 1.04 bits per heavy atom. The van der Waals surface area contributed by atoms with Gasteiger partial charge in [-0.2, -0.15) is 0 Å². The lowest BCUT2D eigenvalue weighted by Gasteiger charge is -2.34. The highest BCUT2D eigenvalue weighted by Gasteiger charge is 2.23. The number of nitrogens with zero attached hydrogens (tertiary/aromatic N) is 4. The predicted molar refractivity (Wildman–Crippen MR) is 198 cm³/mol. The van der Waals surface area contributed by atoms with Crippen molar-refractivity contribution >= 4 is 34.0 Å². The zero-order valence-electron chi connectivity index (χ0n) is 30.2. The number of H-pyrrole nitrogens is 1. The first-order valence-corrected chi connectivity index (χ1v) is 16.2. The molecule has 0 saturated carbocycles. The van der Waals surface area contributed by atoms with Crippen molar-refractivity contribution in [2.75, 3.05) is 57.5 Å². The topological polar surface area (TPSA) is 124 Å². The molecule has 0 radical (unpaired) electrons. The second kappa shape index (κ2) is 19.8. The number of carbonyl (C=O) groups excluding carboxylic acids is 1. The van der Waals surface area contributed by atoms with E-state index in [1.165, 1.54) is 32.6 Å². The van der Waals surface area contributed by atoms with Gasteiger partial charge < -0.3 is 35.9 Å². The molecular formula is C37H49F3N8O2. The number of benzene rings is 2. The van der Waals surface area contributed by atoms with Gasteiger partial charge in [-0.25, -0.2) is 23.1 Å². The third kappa shape index (κ3) is 10.9. The molecule has 1 aliphatic rings. The van der Waals surface area contributed by atoms with Crippen LogP contribution in [0.4, 0.5) is 30.4 Å². The summed E-state index contributed by atoms with van der Waals surface area (Å²) in [6.07, 6.45) is 2.85. The molecule has 50 heavy (non-hydrogen) atoms. The van der Waals surface area contributed by atoms with Gasteiger partial charge in [0, 0.05) is 61.1 Å². The minimum Gasteiger partial charge on any atom is -0.435 e. The number of piperazine rings is 1. The molecule has 5 N–H and O–H groups in total. The van der Waals surface area contributed by atoms with Crippen LogP contribution in [0.25, 0.3) is 10.9 Å². The second-order valence-corrected chi connectivity index (χ2v) is 11.1. The van der Waals surface area contributed by atoms with E-state index in [-0.39, 0.29) is 23.0 Å². The molecule has 270 valence electrons. The number of likely N-dealkylation sites (N-methyl/N-ethyl adjacent to an activating group) is 1. The third-order valence-electron chi connectivity index (χ3n) is 7.18. The number of hydrogen-bond acceptors (Lipinski definition) is 8. The monoisotopic (exact) mass is 694 g/mol. The Kier molecular flexibility index (Phi) is 16.2. The molecule has 1 amide bonds. The molecule has 5 rings (SSSR count). The molecule has 4 aromatic rings. The van der Waals surface area contributed by atoms with Crippen LogP contribution in [-0.4, -0.2) is 73.1 Å². The maximum absolute atomic E-state index is 15.1. The Morgan fingerprint density at radius 3 is 2.26 bits per heavy atom. The van der Waals surface area contributed by atoms with Crippen molar-refractivity contribution in [1.82, 2.24) is 25.2 Å². The minimum atomic E-state index is -0.584. The molecular weight excluding hydrogens is 645 g/mol. The number of halogens is 3. The summed E-state index contributed by atoms with van der Waals surface area (Å²) in [6, 6.07) is 9.59. The van der Waals surface area contributed by atoms with Crippen molar-refractivity contribution in [3.05, 3.63) is 102 Å². The molecule has 2 aromatic heterocycles. The lowest BCUT2D eigenvalue weighted by Crippen LogP contribution is -2.44. The number of amides is 1. The number of rotatable bonds is 8. The highest BCUT2D eigenvalue weighted by atomic mass is 19.1. The van der Waals surface area contributed by atoms with E-state index < -0.39 is 23.4 Å². The summed E-state index contributed by atoms with van der Waals surface area (Å²) in [6.45, 7) is 19.3. The van der Waals surface area contributed by atoms with Gasteiger partial charge in [0.05, 0.1) is 5.69 Å². The Labute approximate surface area is 292 Å². The summed E-state index contributed by atoms with van der Waals surface area (Å²) in [5, 5.41) is 5.87. The normalized spacial score (nSPS) is 12.2. The van der Waals surface area contributed by atoms with Gasteiger partial charge in [0.15, 0.2) is 17.4 Å². The van der Waals surface area contributed by atoms with Crippen molar-refractivity contribution < 1.29 is 22.7 Å². The molecule has 0 atom stereocenters.